The molecule has 0 aliphatic carbocycles. The lowest BCUT2D eigenvalue weighted by molar-refractivity contribution is 0.254. The van der Waals surface area contributed by atoms with Gasteiger partial charge < -0.3 is 4.90 Å². The number of nitrogens with zero attached hydrogens (tertiary/aromatic N) is 2. The number of benzene rings is 2. The third kappa shape index (κ3) is 6.59. The summed E-state index contributed by atoms with van der Waals surface area (Å²) < 4.78 is 0. The Morgan fingerprint density at radius 3 is 1.73 bits per heavy atom. The third-order valence-electron chi connectivity index (χ3n) is 4.54. The van der Waals surface area contributed by atoms with Crippen molar-refractivity contribution in [1.82, 2.24) is 9.80 Å². The molecule has 1 saturated heterocycles. The van der Waals surface area contributed by atoms with Gasteiger partial charge in [0.25, 0.3) is 0 Å². The zero-order chi connectivity index (χ0) is 19.4. The van der Waals surface area contributed by atoms with Gasteiger partial charge in [0.05, 0.1) is 6.04 Å². The molecule has 0 bridgehead atoms. The van der Waals surface area contributed by atoms with Crippen molar-refractivity contribution in [1.29, 1.82) is 0 Å². The van der Waals surface area contributed by atoms with Crippen molar-refractivity contribution in [2.45, 2.75) is 40.2 Å². The summed E-state index contributed by atoms with van der Waals surface area (Å²) in [5.41, 5.74) is 2.80. The zero-order valence-electron chi connectivity index (χ0n) is 17.7. The van der Waals surface area contributed by atoms with Crippen molar-refractivity contribution in [3.63, 3.8) is 0 Å². The predicted octanol–water partition coefficient (Wildman–Crippen LogP) is 5.71. The highest BCUT2D eigenvalue weighted by atomic mass is 15.2. The van der Waals surface area contributed by atoms with Crippen LogP contribution in [0.1, 0.15) is 51.3 Å². The minimum Gasteiger partial charge on any atom is -0.309 e. The predicted molar refractivity (Wildman–Crippen MR) is 116 cm³/mol. The topological polar surface area (TPSA) is 6.48 Å². The van der Waals surface area contributed by atoms with Gasteiger partial charge in [-0.1, -0.05) is 88.4 Å². The van der Waals surface area contributed by atoms with Crippen LogP contribution < -0.4 is 0 Å². The number of rotatable bonds is 5. The van der Waals surface area contributed by atoms with Gasteiger partial charge in [-0.05, 0) is 44.1 Å². The van der Waals surface area contributed by atoms with E-state index in [0.717, 1.165) is 5.92 Å². The van der Waals surface area contributed by atoms with Crippen LogP contribution in [0.5, 0.6) is 0 Å². The minimum absolute atomic E-state index is 0.384. The third-order valence-corrected chi connectivity index (χ3v) is 4.54. The van der Waals surface area contributed by atoms with E-state index in [1.807, 2.05) is 27.7 Å². The van der Waals surface area contributed by atoms with Crippen molar-refractivity contribution in [2.75, 3.05) is 33.7 Å². The summed E-state index contributed by atoms with van der Waals surface area (Å²) in [6.45, 7) is 11.6. The Bertz CT molecular complexity index is 526. The Hall–Kier alpha value is -1.64. The van der Waals surface area contributed by atoms with Gasteiger partial charge in [0.1, 0.15) is 0 Å². The van der Waals surface area contributed by atoms with Crippen LogP contribution in [-0.4, -0.2) is 43.5 Å². The smallest absolute Gasteiger partial charge is 0.0601 e. The van der Waals surface area contributed by atoms with Gasteiger partial charge in [0.2, 0.25) is 0 Å². The molecule has 2 aromatic rings. The van der Waals surface area contributed by atoms with E-state index in [1.54, 1.807) is 0 Å². The SMILES string of the molecule is CC.CC.CN(C)CC1CCN(C(c2ccccc2)c2ccccc2)C1. The summed E-state index contributed by atoms with van der Waals surface area (Å²) in [6, 6.07) is 22.2. The zero-order valence-corrected chi connectivity index (χ0v) is 17.7. The van der Waals surface area contributed by atoms with Gasteiger partial charge in [-0.25, -0.2) is 0 Å². The van der Waals surface area contributed by atoms with E-state index in [2.05, 4.69) is 84.6 Å². The second-order valence-corrected chi connectivity index (χ2v) is 6.64. The fourth-order valence-electron chi connectivity index (χ4n) is 3.65. The molecule has 2 heteroatoms. The first-order valence-corrected chi connectivity index (χ1v) is 10.2. The molecule has 1 aliphatic rings. The molecule has 0 saturated carbocycles. The van der Waals surface area contributed by atoms with Crippen molar-refractivity contribution in [2.24, 2.45) is 5.92 Å². The summed E-state index contributed by atoms with van der Waals surface area (Å²) in [6.07, 6.45) is 1.30. The highest BCUT2D eigenvalue weighted by Gasteiger charge is 2.30. The molecule has 0 aromatic heterocycles. The van der Waals surface area contributed by atoms with Crippen LogP contribution in [0.4, 0.5) is 0 Å². The Labute approximate surface area is 161 Å². The van der Waals surface area contributed by atoms with Crippen molar-refractivity contribution >= 4 is 0 Å². The second kappa shape index (κ2) is 12.7. The largest absolute Gasteiger partial charge is 0.309 e. The average molecular weight is 355 g/mol. The van der Waals surface area contributed by atoms with Gasteiger partial charge >= 0.3 is 0 Å². The highest BCUT2D eigenvalue weighted by Crippen LogP contribution is 2.33. The Morgan fingerprint density at radius 1 is 0.846 bits per heavy atom. The van der Waals surface area contributed by atoms with Crippen LogP contribution >= 0.6 is 0 Å². The second-order valence-electron chi connectivity index (χ2n) is 6.64. The van der Waals surface area contributed by atoms with Crippen LogP contribution in [0.3, 0.4) is 0 Å². The van der Waals surface area contributed by atoms with Crippen molar-refractivity contribution < 1.29 is 0 Å². The van der Waals surface area contributed by atoms with Crippen LogP contribution in [0.25, 0.3) is 0 Å². The summed E-state index contributed by atoms with van der Waals surface area (Å²) in [7, 11) is 4.35. The minimum atomic E-state index is 0.384. The average Bonchev–Trinajstić information content (AvgIpc) is 3.14. The molecular weight excluding hydrogens is 316 g/mol. The first-order valence-electron chi connectivity index (χ1n) is 10.2. The van der Waals surface area contributed by atoms with E-state index in [-0.39, 0.29) is 0 Å². The molecule has 1 unspecified atom stereocenters. The number of likely N-dealkylation sites (tertiary alicyclic amines) is 1. The van der Waals surface area contributed by atoms with Gasteiger partial charge in [-0.15, -0.1) is 0 Å². The molecule has 26 heavy (non-hydrogen) atoms. The molecule has 144 valence electrons. The molecule has 1 atom stereocenters. The lowest BCUT2D eigenvalue weighted by Crippen LogP contribution is -2.29. The van der Waals surface area contributed by atoms with Crippen molar-refractivity contribution in [3.05, 3.63) is 71.8 Å². The van der Waals surface area contributed by atoms with Crippen LogP contribution in [-0.2, 0) is 0 Å². The van der Waals surface area contributed by atoms with E-state index in [4.69, 9.17) is 0 Å². The Balaban J connectivity index is 0.000000791. The monoisotopic (exact) mass is 354 g/mol. The maximum absolute atomic E-state index is 2.65. The molecule has 1 fully saturated rings. The van der Waals surface area contributed by atoms with Gasteiger partial charge in [0, 0.05) is 13.1 Å². The standard InChI is InChI=1S/C20H26N2.2C2H6/c1-21(2)15-17-13-14-22(16-17)20(18-9-5-3-6-10-18)19-11-7-4-8-12-19;2*1-2/h3-12,17,20H,13-16H2,1-2H3;2*1-2H3. The molecule has 0 radical (unpaired) electrons. The molecule has 1 heterocycles. The van der Waals surface area contributed by atoms with E-state index < -0.39 is 0 Å². The maximum atomic E-state index is 2.65. The fourth-order valence-corrected chi connectivity index (χ4v) is 3.65. The molecule has 2 aromatic carbocycles. The first kappa shape index (κ1) is 22.4. The quantitative estimate of drug-likeness (QED) is 0.678. The van der Waals surface area contributed by atoms with Gasteiger partial charge in [-0.3, -0.25) is 4.90 Å². The molecule has 3 rings (SSSR count). The highest BCUT2D eigenvalue weighted by molar-refractivity contribution is 5.32. The normalized spacial score (nSPS) is 16.7. The van der Waals surface area contributed by atoms with E-state index in [0.29, 0.717) is 6.04 Å². The molecule has 0 amide bonds. The lowest BCUT2D eigenvalue weighted by Gasteiger charge is -2.29. The number of hydrogen-bond acceptors (Lipinski definition) is 2. The van der Waals surface area contributed by atoms with E-state index in [9.17, 15) is 0 Å². The number of hydrogen-bond donors (Lipinski definition) is 0. The summed E-state index contributed by atoms with van der Waals surface area (Å²) in [5, 5.41) is 0. The Morgan fingerprint density at radius 2 is 1.31 bits per heavy atom. The Kier molecular flexibility index (Phi) is 10.9. The van der Waals surface area contributed by atoms with E-state index in [1.165, 1.54) is 37.2 Å². The summed E-state index contributed by atoms with van der Waals surface area (Å²) in [5.74, 6) is 0.782. The first-order chi connectivity index (χ1) is 12.7. The van der Waals surface area contributed by atoms with E-state index >= 15 is 0 Å². The molecule has 1 aliphatic heterocycles. The molecular formula is C24H38N2. The van der Waals surface area contributed by atoms with Crippen molar-refractivity contribution in [3.8, 4) is 0 Å². The molecule has 2 nitrogen and oxygen atoms in total. The lowest BCUT2D eigenvalue weighted by atomic mass is 9.97. The molecule has 0 spiro atoms. The molecule has 0 N–H and O–H groups in total. The van der Waals surface area contributed by atoms with Crippen LogP contribution in [0.2, 0.25) is 0 Å². The summed E-state index contributed by atoms with van der Waals surface area (Å²) in [4.78, 5) is 4.97. The summed E-state index contributed by atoms with van der Waals surface area (Å²) >= 11 is 0. The van der Waals surface area contributed by atoms with Gasteiger partial charge in [-0.2, -0.15) is 0 Å². The van der Waals surface area contributed by atoms with Crippen LogP contribution in [0, 0.1) is 5.92 Å². The fraction of sp³-hybridized carbons (Fsp3) is 0.500. The van der Waals surface area contributed by atoms with Crippen LogP contribution in [0.15, 0.2) is 60.7 Å². The maximum Gasteiger partial charge on any atom is 0.0601 e. The van der Waals surface area contributed by atoms with Gasteiger partial charge in [0.15, 0.2) is 0 Å².